The molecule has 0 spiro atoms. The summed E-state index contributed by atoms with van der Waals surface area (Å²) in [5.41, 5.74) is 3.78. The fourth-order valence-electron chi connectivity index (χ4n) is 2.37. The molecule has 0 aliphatic carbocycles. The Balaban J connectivity index is 1.90. The summed E-state index contributed by atoms with van der Waals surface area (Å²) in [6.45, 7) is 8.37. The minimum Gasteiger partial charge on any atom is -0.355 e. The zero-order valence-corrected chi connectivity index (χ0v) is 12.8. The quantitative estimate of drug-likeness (QED) is 0.826. The van der Waals surface area contributed by atoms with E-state index >= 15 is 0 Å². The van der Waals surface area contributed by atoms with E-state index in [4.69, 9.17) is 0 Å². The Morgan fingerprint density at radius 1 is 1.25 bits per heavy atom. The van der Waals surface area contributed by atoms with Gasteiger partial charge >= 0.3 is 0 Å². The Hall–Kier alpha value is -1.77. The second kappa shape index (κ2) is 7.13. The van der Waals surface area contributed by atoms with E-state index in [1.807, 2.05) is 6.92 Å². The number of nitrogens with one attached hydrogen (secondary N) is 1. The summed E-state index contributed by atoms with van der Waals surface area (Å²) in [4.78, 5) is 4.56. The van der Waals surface area contributed by atoms with Crippen molar-refractivity contribution in [3.8, 4) is 0 Å². The Kier molecular flexibility index (Phi) is 5.22. The summed E-state index contributed by atoms with van der Waals surface area (Å²) in [5.74, 6) is 1.00. The van der Waals surface area contributed by atoms with E-state index in [9.17, 15) is 0 Å². The average molecular weight is 271 g/mol. The lowest BCUT2D eigenvalue weighted by atomic mass is 10.1. The molecule has 0 saturated carbocycles. The van der Waals surface area contributed by atoms with Crippen LogP contribution in [0.15, 0.2) is 30.5 Å². The fraction of sp³-hybridized carbons (Fsp3) is 0.471. The Morgan fingerprint density at radius 2 is 2.10 bits per heavy atom. The standard InChI is InChI=1S/C17H25N3/c1-4-5-11-20-13-15(3)19-17(20)18-10-9-16-8-6-7-14(2)12-16/h6-8,12-13H,4-5,9-11H2,1-3H3,(H,18,19). The molecular weight excluding hydrogens is 246 g/mol. The molecule has 1 N–H and O–H groups in total. The molecule has 0 amide bonds. The molecule has 0 saturated heterocycles. The predicted octanol–water partition coefficient (Wildman–Crippen LogP) is 3.95. The third-order valence-corrected chi connectivity index (χ3v) is 3.43. The van der Waals surface area contributed by atoms with Gasteiger partial charge in [-0.15, -0.1) is 0 Å². The van der Waals surface area contributed by atoms with Gasteiger partial charge in [0.05, 0.1) is 5.69 Å². The first-order valence-electron chi connectivity index (χ1n) is 7.52. The number of hydrogen-bond acceptors (Lipinski definition) is 2. The third kappa shape index (κ3) is 4.12. The number of unbranched alkanes of at least 4 members (excludes halogenated alkanes) is 1. The molecule has 0 fully saturated rings. The van der Waals surface area contributed by atoms with E-state index in [-0.39, 0.29) is 0 Å². The van der Waals surface area contributed by atoms with Gasteiger partial charge in [-0.2, -0.15) is 0 Å². The predicted molar refractivity (Wildman–Crippen MR) is 85.2 cm³/mol. The fourth-order valence-corrected chi connectivity index (χ4v) is 2.37. The second-order valence-electron chi connectivity index (χ2n) is 5.42. The molecule has 108 valence electrons. The first kappa shape index (κ1) is 14.6. The second-order valence-corrected chi connectivity index (χ2v) is 5.42. The Labute approximate surface area is 122 Å². The highest BCUT2D eigenvalue weighted by Crippen LogP contribution is 2.11. The van der Waals surface area contributed by atoms with Crippen LogP contribution in [0.4, 0.5) is 5.95 Å². The molecule has 3 heteroatoms. The monoisotopic (exact) mass is 271 g/mol. The van der Waals surface area contributed by atoms with Gasteiger partial charge in [-0.3, -0.25) is 0 Å². The van der Waals surface area contributed by atoms with Crippen LogP contribution in [0.3, 0.4) is 0 Å². The molecule has 0 bridgehead atoms. The number of nitrogens with zero attached hydrogens (tertiary/aromatic N) is 2. The Bertz CT molecular complexity index is 543. The molecule has 0 unspecified atom stereocenters. The van der Waals surface area contributed by atoms with Crippen molar-refractivity contribution in [3.05, 3.63) is 47.3 Å². The van der Waals surface area contributed by atoms with Crippen molar-refractivity contribution in [2.24, 2.45) is 0 Å². The first-order chi connectivity index (χ1) is 9.69. The molecule has 1 aromatic heterocycles. The van der Waals surface area contributed by atoms with Crippen LogP contribution in [0.25, 0.3) is 0 Å². The highest BCUT2D eigenvalue weighted by Gasteiger charge is 2.04. The maximum absolute atomic E-state index is 4.56. The van der Waals surface area contributed by atoms with Crippen molar-refractivity contribution in [1.82, 2.24) is 9.55 Å². The average Bonchev–Trinajstić information content (AvgIpc) is 2.77. The van der Waals surface area contributed by atoms with Crippen molar-refractivity contribution in [3.63, 3.8) is 0 Å². The number of aromatic nitrogens is 2. The number of anilines is 1. The minimum absolute atomic E-state index is 0.923. The molecule has 1 heterocycles. The van der Waals surface area contributed by atoms with Crippen molar-refractivity contribution in [1.29, 1.82) is 0 Å². The summed E-state index contributed by atoms with van der Waals surface area (Å²) >= 11 is 0. The highest BCUT2D eigenvalue weighted by atomic mass is 15.2. The lowest BCUT2D eigenvalue weighted by Crippen LogP contribution is -2.10. The highest BCUT2D eigenvalue weighted by molar-refractivity contribution is 5.30. The number of imidazole rings is 1. The zero-order chi connectivity index (χ0) is 14.4. The van der Waals surface area contributed by atoms with Crippen LogP contribution in [0.1, 0.15) is 36.6 Å². The van der Waals surface area contributed by atoms with Crippen LogP contribution in [0, 0.1) is 13.8 Å². The summed E-state index contributed by atoms with van der Waals surface area (Å²) in [7, 11) is 0. The van der Waals surface area contributed by atoms with Crippen molar-refractivity contribution in [2.75, 3.05) is 11.9 Å². The molecule has 3 nitrogen and oxygen atoms in total. The van der Waals surface area contributed by atoms with Gasteiger partial charge in [0.25, 0.3) is 0 Å². The minimum atomic E-state index is 0.923. The SMILES string of the molecule is CCCCn1cc(C)nc1NCCc1cccc(C)c1. The molecular formula is C17H25N3. The van der Waals surface area contributed by atoms with Gasteiger partial charge in [0.15, 0.2) is 0 Å². The van der Waals surface area contributed by atoms with Crippen LogP contribution in [-0.4, -0.2) is 16.1 Å². The van der Waals surface area contributed by atoms with Gasteiger partial charge in [0.2, 0.25) is 5.95 Å². The lowest BCUT2D eigenvalue weighted by Gasteiger charge is -2.09. The van der Waals surface area contributed by atoms with E-state index in [0.29, 0.717) is 0 Å². The van der Waals surface area contributed by atoms with Crippen molar-refractivity contribution < 1.29 is 0 Å². The van der Waals surface area contributed by atoms with Gasteiger partial charge in [0.1, 0.15) is 0 Å². The molecule has 0 aliphatic heterocycles. The van der Waals surface area contributed by atoms with Crippen LogP contribution in [-0.2, 0) is 13.0 Å². The molecule has 0 atom stereocenters. The summed E-state index contributed by atoms with van der Waals surface area (Å²) in [6.07, 6.45) is 5.56. The largest absolute Gasteiger partial charge is 0.355 e. The number of benzene rings is 1. The van der Waals surface area contributed by atoms with E-state index in [0.717, 1.165) is 31.2 Å². The van der Waals surface area contributed by atoms with Crippen LogP contribution >= 0.6 is 0 Å². The van der Waals surface area contributed by atoms with Gasteiger partial charge in [0, 0.05) is 19.3 Å². The number of aryl methyl sites for hydroxylation is 3. The van der Waals surface area contributed by atoms with E-state index in [2.05, 4.69) is 59.2 Å². The van der Waals surface area contributed by atoms with Crippen LogP contribution in [0.2, 0.25) is 0 Å². The summed E-state index contributed by atoms with van der Waals surface area (Å²) in [6, 6.07) is 8.69. The first-order valence-corrected chi connectivity index (χ1v) is 7.52. The summed E-state index contributed by atoms with van der Waals surface area (Å²) in [5, 5.41) is 3.46. The number of rotatable bonds is 7. The maximum atomic E-state index is 4.56. The van der Waals surface area contributed by atoms with Crippen LogP contribution < -0.4 is 5.32 Å². The third-order valence-electron chi connectivity index (χ3n) is 3.43. The zero-order valence-electron chi connectivity index (χ0n) is 12.8. The molecule has 1 aromatic carbocycles. The van der Waals surface area contributed by atoms with E-state index in [1.54, 1.807) is 0 Å². The van der Waals surface area contributed by atoms with Gasteiger partial charge in [-0.25, -0.2) is 4.98 Å². The Morgan fingerprint density at radius 3 is 2.85 bits per heavy atom. The normalized spacial score (nSPS) is 10.8. The van der Waals surface area contributed by atoms with Crippen molar-refractivity contribution in [2.45, 2.75) is 46.6 Å². The molecule has 2 aromatic rings. The molecule has 2 rings (SSSR count). The van der Waals surface area contributed by atoms with Gasteiger partial charge in [-0.05, 0) is 32.3 Å². The van der Waals surface area contributed by atoms with Crippen molar-refractivity contribution >= 4 is 5.95 Å². The smallest absolute Gasteiger partial charge is 0.203 e. The number of hydrogen-bond donors (Lipinski definition) is 1. The lowest BCUT2D eigenvalue weighted by molar-refractivity contribution is 0.634. The summed E-state index contributed by atoms with van der Waals surface area (Å²) < 4.78 is 2.23. The van der Waals surface area contributed by atoms with Gasteiger partial charge in [-0.1, -0.05) is 43.2 Å². The topological polar surface area (TPSA) is 29.9 Å². The maximum Gasteiger partial charge on any atom is 0.203 e. The molecule has 0 radical (unpaired) electrons. The van der Waals surface area contributed by atoms with Gasteiger partial charge < -0.3 is 9.88 Å². The van der Waals surface area contributed by atoms with E-state index < -0.39 is 0 Å². The van der Waals surface area contributed by atoms with E-state index in [1.165, 1.54) is 24.0 Å². The molecule has 20 heavy (non-hydrogen) atoms. The molecule has 0 aliphatic rings. The van der Waals surface area contributed by atoms with Crippen LogP contribution in [0.5, 0.6) is 0 Å².